The zero-order chi connectivity index (χ0) is 11.5. The maximum Gasteiger partial charge on any atom is 0.173 e. The number of nitrogens with one attached hydrogen (secondary N) is 1. The molecule has 0 radical (unpaired) electrons. The van der Waals surface area contributed by atoms with Crippen LogP contribution in [0.5, 0.6) is 0 Å². The molecule has 16 heavy (non-hydrogen) atoms. The van der Waals surface area contributed by atoms with Crippen LogP contribution >= 0.6 is 35.4 Å². The van der Waals surface area contributed by atoms with Crippen molar-refractivity contribution in [1.82, 2.24) is 4.90 Å². The van der Waals surface area contributed by atoms with Gasteiger partial charge in [0.05, 0.1) is 15.7 Å². The van der Waals surface area contributed by atoms with E-state index in [1.807, 2.05) is 6.07 Å². The Kier molecular flexibility index (Phi) is 3.90. The molecule has 86 valence electrons. The maximum atomic E-state index is 6.06. The summed E-state index contributed by atoms with van der Waals surface area (Å²) in [5.74, 6) is 0. The van der Waals surface area contributed by atoms with Gasteiger partial charge in [0, 0.05) is 13.1 Å². The molecule has 1 saturated heterocycles. The van der Waals surface area contributed by atoms with E-state index >= 15 is 0 Å². The molecule has 2 rings (SSSR count). The fourth-order valence-corrected chi connectivity index (χ4v) is 2.50. The van der Waals surface area contributed by atoms with E-state index in [0.29, 0.717) is 20.8 Å². The number of hydrogen-bond donors (Lipinski definition) is 1. The normalized spacial score (nSPS) is 15.2. The van der Waals surface area contributed by atoms with E-state index in [9.17, 15) is 0 Å². The number of rotatable bonds is 1. The van der Waals surface area contributed by atoms with Crippen LogP contribution in [-0.2, 0) is 0 Å². The van der Waals surface area contributed by atoms with E-state index in [1.54, 1.807) is 12.1 Å². The minimum absolute atomic E-state index is 0.592. The van der Waals surface area contributed by atoms with E-state index in [1.165, 1.54) is 12.8 Å². The Morgan fingerprint density at radius 3 is 2.31 bits per heavy atom. The molecule has 0 aliphatic carbocycles. The first-order valence-corrected chi connectivity index (χ1v) is 6.35. The Bertz CT molecular complexity index is 383. The molecule has 1 aliphatic rings. The van der Waals surface area contributed by atoms with Gasteiger partial charge in [-0.2, -0.15) is 0 Å². The highest BCUT2D eigenvalue weighted by Gasteiger charge is 2.16. The van der Waals surface area contributed by atoms with Gasteiger partial charge in [-0.15, -0.1) is 0 Å². The highest BCUT2D eigenvalue weighted by molar-refractivity contribution is 7.80. The summed E-state index contributed by atoms with van der Waals surface area (Å²) >= 11 is 17.4. The maximum absolute atomic E-state index is 6.06. The molecule has 0 spiro atoms. The average molecular weight is 275 g/mol. The van der Waals surface area contributed by atoms with Crippen LogP contribution in [0.3, 0.4) is 0 Å². The van der Waals surface area contributed by atoms with Gasteiger partial charge in [0.2, 0.25) is 0 Å². The first-order chi connectivity index (χ1) is 7.68. The van der Waals surface area contributed by atoms with Crippen molar-refractivity contribution >= 4 is 46.2 Å². The van der Waals surface area contributed by atoms with Crippen LogP contribution in [0.15, 0.2) is 18.2 Å². The summed E-state index contributed by atoms with van der Waals surface area (Å²) in [5, 5.41) is 5.00. The number of thiocarbonyl (C=S) groups is 1. The fourth-order valence-electron chi connectivity index (χ4n) is 1.72. The molecular formula is C11H12Cl2N2S. The predicted octanol–water partition coefficient (Wildman–Crippen LogP) is 3.79. The van der Waals surface area contributed by atoms with Gasteiger partial charge in [0.1, 0.15) is 0 Å². The number of para-hydroxylation sites is 1. The van der Waals surface area contributed by atoms with Gasteiger partial charge >= 0.3 is 0 Å². The highest BCUT2D eigenvalue weighted by Crippen LogP contribution is 2.30. The van der Waals surface area contributed by atoms with Gasteiger partial charge in [0.25, 0.3) is 0 Å². The summed E-state index contributed by atoms with van der Waals surface area (Å²) in [6, 6.07) is 5.40. The van der Waals surface area contributed by atoms with E-state index < -0.39 is 0 Å². The van der Waals surface area contributed by atoms with E-state index in [-0.39, 0.29) is 0 Å². The van der Waals surface area contributed by atoms with Gasteiger partial charge in [-0.1, -0.05) is 29.3 Å². The zero-order valence-corrected chi connectivity index (χ0v) is 11.0. The number of halogens is 2. The molecule has 1 aromatic carbocycles. The molecule has 0 amide bonds. The lowest BCUT2D eigenvalue weighted by Crippen LogP contribution is -2.32. The van der Waals surface area contributed by atoms with Crippen LogP contribution in [-0.4, -0.2) is 23.1 Å². The van der Waals surface area contributed by atoms with Gasteiger partial charge < -0.3 is 10.2 Å². The number of likely N-dealkylation sites (tertiary alicyclic amines) is 1. The van der Waals surface area contributed by atoms with Gasteiger partial charge in [-0.3, -0.25) is 0 Å². The molecule has 0 saturated carbocycles. The third-order valence-corrected chi connectivity index (χ3v) is 3.58. The van der Waals surface area contributed by atoms with E-state index in [0.717, 1.165) is 13.1 Å². The van der Waals surface area contributed by atoms with Crippen LogP contribution in [0, 0.1) is 0 Å². The van der Waals surface area contributed by atoms with Gasteiger partial charge in [-0.05, 0) is 37.2 Å². The average Bonchev–Trinajstić information content (AvgIpc) is 2.76. The zero-order valence-electron chi connectivity index (χ0n) is 8.67. The van der Waals surface area contributed by atoms with Crippen molar-refractivity contribution < 1.29 is 0 Å². The Morgan fingerprint density at radius 2 is 1.75 bits per heavy atom. The molecular weight excluding hydrogens is 263 g/mol. The fraction of sp³-hybridized carbons (Fsp3) is 0.364. The Balaban J connectivity index is 2.11. The largest absolute Gasteiger partial charge is 0.349 e. The Morgan fingerprint density at radius 1 is 1.19 bits per heavy atom. The Labute approximate surface area is 111 Å². The first kappa shape index (κ1) is 12.0. The summed E-state index contributed by atoms with van der Waals surface area (Å²) in [5.41, 5.74) is 0.697. The van der Waals surface area contributed by atoms with Crippen LogP contribution in [0.4, 0.5) is 5.69 Å². The standard InChI is InChI=1S/C11H12Cl2N2S/c12-8-4-3-5-9(13)10(8)14-11(16)15-6-1-2-7-15/h3-5H,1-2,6-7H2,(H,14,16). The highest BCUT2D eigenvalue weighted by atomic mass is 35.5. The van der Waals surface area contributed by atoms with Gasteiger partial charge in [-0.25, -0.2) is 0 Å². The molecule has 0 bridgehead atoms. The lowest BCUT2D eigenvalue weighted by molar-refractivity contribution is 0.528. The number of nitrogens with zero attached hydrogens (tertiary/aromatic N) is 1. The second-order valence-corrected chi connectivity index (χ2v) is 4.92. The third-order valence-electron chi connectivity index (χ3n) is 2.59. The second-order valence-electron chi connectivity index (χ2n) is 3.72. The summed E-state index contributed by atoms with van der Waals surface area (Å²) in [6.07, 6.45) is 2.39. The van der Waals surface area contributed by atoms with Crippen LogP contribution in [0.25, 0.3) is 0 Å². The molecule has 1 aromatic rings. The molecule has 1 aliphatic heterocycles. The van der Waals surface area contributed by atoms with Crippen molar-refractivity contribution in [3.8, 4) is 0 Å². The number of anilines is 1. The second kappa shape index (κ2) is 5.21. The molecule has 5 heteroatoms. The summed E-state index contributed by atoms with van der Waals surface area (Å²) < 4.78 is 0. The molecule has 1 N–H and O–H groups in total. The quantitative estimate of drug-likeness (QED) is 0.785. The Hall–Kier alpha value is -0.510. The van der Waals surface area contributed by atoms with Crippen molar-refractivity contribution in [2.45, 2.75) is 12.8 Å². The van der Waals surface area contributed by atoms with Crippen molar-refractivity contribution in [3.63, 3.8) is 0 Å². The first-order valence-electron chi connectivity index (χ1n) is 5.18. The summed E-state index contributed by atoms with van der Waals surface area (Å²) in [6.45, 7) is 2.02. The minimum atomic E-state index is 0.592. The molecule has 0 atom stereocenters. The molecule has 2 nitrogen and oxygen atoms in total. The molecule has 0 aromatic heterocycles. The third kappa shape index (κ3) is 2.59. The molecule has 1 fully saturated rings. The summed E-state index contributed by atoms with van der Waals surface area (Å²) in [7, 11) is 0. The number of benzene rings is 1. The van der Waals surface area contributed by atoms with Crippen molar-refractivity contribution in [2.75, 3.05) is 18.4 Å². The monoisotopic (exact) mass is 274 g/mol. The SMILES string of the molecule is S=C(Nc1c(Cl)cccc1Cl)N1CCCC1. The van der Waals surface area contributed by atoms with Crippen LogP contribution < -0.4 is 5.32 Å². The van der Waals surface area contributed by atoms with Crippen LogP contribution in [0.2, 0.25) is 10.0 Å². The van der Waals surface area contributed by atoms with Crippen molar-refractivity contribution in [1.29, 1.82) is 0 Å². The van der Waals surface area contributed by atoms with Crippen LogP contribution in [0.1, 0.15) is 12.8 Å². The molecule has 0 unspecified atom stereocenters. The smallest absolute Gasteiger partial charge is 0.173 e. The summed E-state index contributed by atoms with van der Waals surface area (Å²) in [4.78, 5) is 2.13. The number of hydrogen-bond acceptors (Lipinski definition) is 1. The lowest BCUT2D eigenvalue weighted by atomic mass is 10.3. The molecule has 1 heterocycles. The van der Waals surface area contributed by atoms with E-state index in [4.69, 9.17) is 35.4 Å². The lowest BCUT2D eigenvalue weighted by Gasteiger charge is -2.20. The van der Waals surface area contributed by atoms with Crippen molar-refractivity contribution in [3.05, 3.63) is 28.2 Å². The van der Waals surface area contributed by atoms with Gasteiger partial charge in [0.15, 0.2) is 5.11 Å². The predicted molar refractivity (Wildman–Crippen MR) is 73.5 cm³/mol. The topological polar surface area (TPSA) is 15.3 Å². The van der Waals surface area contributed by atoms with E-state index in [2.05, 4.69) is 10.2 Å². The minimum Gasteiger partial charge on any atom is -0.349 e. The van der Waals surface area contributed by atoms with Crippen molar-refractivity contribution in [2.24, 2.45) is 0 Å².